The molecule has 1 aromatic carbocycles. The Hall–Kier alpha value is -1.24. The lowest BCUT2D eigenvalue weighted by atomic mass is 9.89. The molecular formula is C16H16Cl2N2O3S. The number of halogens is 2. The fraction of sp³-hybridized carbons (Fsp3) is 0.438. The number of hydrogen-bond acceptors (Lipinski definition) is 4. The summed E-state index contributed by atoms with van der Waals surface area (Å²) in [6.07, 6.45) is 3.31. The molecule has 3 rings (SSSR count). The molecule has 2 fully saturated rings. The molecule has 24 heavy (non-hydrogen) atoms. The zero-order chi connectivity index (χ0) is 17.3. The van der Waals surface area contributed by atoms with Gasteiger partial charge in [-0.3, -0.25) is 19.3 Å². The van der Waals surface area contributed by atoms with Gasteiger partial charge in [0.05, 0.1) is 28.4 Å². The molecule has 3 amide bonds. The van der Waals surface area contributed by atoms with E-state index in [1.54, 1.807) is 12.1 Å². The minimum absolute atomic E-state index is 0.180. The smallest absolute Gasteiger partial charge is 0.289 e. The van der Waals surface area contributed by atoms with Crippen LogP contribution in [-0.4, -0.2) is 39.8 Å². The van der Waals surface area contributed by atoms with Crippen molar-refractivity contribution < 1.29 is 14.4 Å². The van der Waals surface area contributed by atoms with Crippen LogP contribution in [-0.2, 0) is 4.79 Å². The van der Waals surface area contributed by atoms with Gasteiger partial charge in [0.25, 0.3) is 11.1 Å². The second-order valence-electron chi connectivity index (χ2n) is 5.87. The molecule has 0 spiro atoms. The predicted molar refractivity (Wildman–Crippen MR) is 94.7 cm³/mol. The Morgan fingerprint density at radius 3 is 2.62 bits per heavy atom. The maximum Gasteiger partial charge on any atom is 0.289 e. The van der Waals surface area contributed by atoms with Gasteiger partial charge in [0, 0.05) is 5.02 Å². The first kappa shape index (κ1) is 17.6. The molecule has 1 aliphatic heterocycles. The molecule has 0 bridgehead atoms. The topological polar surface area (TPSA) is 66.5 Å². The molecule has 2 aliphatic rings. The highest BCUT2D eigenvalue weighted by Crippen LogP contribution is 2.30. The third kappa shape index (κ3) is 3.55. The summed E-state index contributed by atoms with van der Waals surface area (Å²) in [5.74, 6) is -0.320. The highest BCUT2D eigenvalue weighted by molar-refractivity contribution is 8.14. The van der Waals surface area contributed by atoms with Crippen LogP contribution in [0.25, 0.3) is 0 Å². The van der Waals surface area contributed by atoms with Crippen LogP contribution in [0.5, 0.6) is 0 Å². The fourth-order valence-electron chi connectivity index (χ4n) is 3.19. The van der Waals surface area contributed by atoms with Crippen molar-refractivity contribution >= 4 is 52.0 Å². The van der Waals surface area contributed by atoms with E-state index in [1.807, 2.05) is 0 Å². The Morgan fingerprint density at radius 2 is 1.96 bits per heavy atom. The summed E-state index contributed by atoms with van der Waals surface area (Å²) < 4.78 is 0. The van der Waals surface area contributed by atoms with Gasteiger partial charge in [-0.25, -0.2) is 0 Å². The van der Waals surface area contributed by atoms with E-state index in [0.29, 0.717) is 17.0 Å². The summed E-state index contributed by atoms with van der Waals surface area (Å²) in [5.41, 5.74) is 0.332. The lowest BCUT2D eigenvalue weighted by Gasteiger charge is -2.36. The molecule has 0 aromatic heterocycles. The number of carbonyl (C=O) groups is 3. The van der Waals surface area contributed by atoms with E-state index in [4.69, 9.17) is 23.2 Å². The lowest BCUT2D eigenvalue weighted by molar-refractivity contribution is -0.127. The van der Waals surface area contributed by atoms with Crippen LogP contribution in [0.4, 0.5) is 4.79 Å². The average Bonchev–Trinajstić information content (AvgIpc) is 2.87. The second-order valence-corrected chi connectivity index (χ2v) is 7.64. The molecule has 5 nitrogen and oxygen atoms in total. The van der Waals surface area contributed by atoms with Crippen molar-refractivity contribution in [1.82, 2.24) is 10.2 Å². The van der Waals surface area contributed by atoms with Gasteiger partial charge < -0.3 is 5.32 Å². The number of carbonyl (C=O) groups excluding carboxylic acids is 3. The van der Waals surface area contributed by atoms with Gasteiger partial charge in [-0.2, -0.15) is 0 Å². The summed E-state index contributed by atoms with van der Waals surface area (Å²) in [7, 11) is 0. The van der Waals surface area contributed by atoms with Crippen LogP contribution >= 0.6 is 35.0 Å². The lowest BCUT2D eigenvalue weighted by Crippen LogP contribution is -2.54. The van der Waals surface area contributed by atoms with Crippen LogP contribution in [0.15, 0.2) is 18.2 Å². The number of nitrogens with one attached hydrogen (secondary N) is 1. The van der Waals surface area contributed by atoms with E-state index < -0.39 is 0 Å². The first-order valence-electron chi connectivity index (χ1n) is 7.72. The molecule has 0 radical (unpaired) electrons. The maximum absolute atomic E-state index is 12.5. The van der Waals surface area contributed by atoms with Crippen molar-refractivity contribution in [2.75, 3.05) is 5.75 Å². The Bertz CT molecular complexity index is 682. The number of thioether (sulfide) groups is 1. The summed E-state index contributed by atoms with van der Waals surface area (Å²) in [6, 6.07) is 4.14. The second kappa shape index (κ2) is 7.33. The third-order valence-electron chi connectivity index (χ3n) is 4.34. The first-order chi connectivity index (χ1) is 11.5. The van der Waals surface area contributed by atoms with E-state index in [9.17, 15) is 14.4 Å². The van der Waals surface area contributed by atoms with Gasteiger partial charge in [-0.05, 0) is 31.0 Å². The molecule has 2 atom stereocenters. The van der Waals surface area contributed by atoms with Gasteiger partial charge >= 0.3 is 0 Å². The van der Waals surface area contributed by atoms with Crippen molar-refractivity contribution in [3.63, 3.8) is 0 Å². The largest absolute Gasteiger partial charge is 0.347 e. The normalized spacial score (nSPS) is 24.3. The van der Waals surface area contributed by atoms with Crippen LogP contribution in [0, 0.1) is 0 Å². The summed E-state index contributed by atoms with van der Waals surface area (Å²) >= 11 is 13.0. The molecule has 1 saturated carbocycles. The monoisotopic (exact) mass is 386 g/mol. The highest BCUT2D eigenvalue weighted by Gasteiger charge is 2.41. The molecule has 1 N–H and O–H groups in total. The van der Waals surface area contributed by atoms with Gasteiger partial charge in [-0.15, -0.1) is 0 Å². The van der Waals surface area contributed by atoms with Gasteiger partial charge in [0.2, 0.25) is 5.91 Å². The van der Waals surface area contributed by atoms with E-state index in [2.05, 4.69) is 5.32 Å². The molecule has 128 valence electrons. The standard InChI is InChI=1S/C16H16Cl2N2O3S/c17-9-5-6-10(11(18)7-9)15(22)19-12-3-1-2-4-13(12)20-14(21)8-24-16(20)23/h5-7,12-13H,1-4,8H2,(H,19,22)/t12-,13+/m0/s1. The molecule has 0 unspecified atom stereocenters. The predicted octanol–water partition coefficient (Wildman–Crippen LogP) is 3.73. The maximum atomic E-state index is 12.5. The van der Waals surface area contributed by atoms with Crippen LogP contribution in [0.2, 0.25) is 10.0 Å². The Balaban J connectivity index is 1.77. The van der Waals surface area contributed by atoms with Crippen LogP contribution < -0.4 is 5.32 Å². The summed E-state index contributed by atoms with van der Waals surface area (Å²) in [5, 5.41) is 3.45. The molecule has 1 heterocycles. The summed E-state index contributed by atoms with van der Waals surface area (Å²) in [4.78, 5) is 37.9. The molecule has 1 saturated heterocycles. The van der Waals surface area contributed by atoms with E-state index in [-0.39, 0.29) is 39.9 Å². The van der Waals surface area contributed by atoms with Crippen molar-refractivity contribution in [3.8, 4) is 0 Å². The average molecular weight is 387 g/mol. The number of rotatable bonds is 3. The number of amides is 3. The SMILES string of the molecule is O=C(N[C@H]1CCCC[C@H]1N1C(=O)CSC1=O)c1ccc(Cl)cc1Cl. The van der Waals surface area contributed by atoms with Crippen molar-refractivity contribution in [2.45, 2.75) is 37.8 Å². The first-order valence-corrected chi connectivity index (χ1v) is 9.46. The number of imide groups is 1. The molecule has 1 aliphatic carbocycles. The Kier molecular flexibility index (Phi) is 5.37. The van der Waals surface area contributed by atoms with Crippen molar-refractivity contribution in [1.29, 1.82) is 0 Å². The zero-order valence-electron chi connectivity index (χ0n) is 12.8. The zero-order valence-corrected chi connectivity index (χ0v) is 15.1. The van der Waals surface area contributed by atoms with Gasteiger partial charge in [0.15, 0.2) is 0 Å². The van der Waals surface area contributed by atoms with Gasteiger partial charge in [0.1, 0.15) is 0 Å². The van der Waals surface area contributed by atoms with Crippen molar-refractivity contribution in [2.24, 2.45) is 0 Å². The Morgan fingerprint density at radius 1 is 1.21 bits per heavy atom. The summed E-state index contributed by atoms with van der Waals surface area (Å²) in [6.45, 7) is 0. The fourth-order valence-corrected chi connectivity index (χ4v) is 4.45. The van der Waals surface area contributed by atoms with Crippen LogP contribution in [0.3, 0.4) is 0 Å². The van der Waals surface area contributed by atoms with E-state index in [1.165, 1.54) is 11.0 Å². The quantitative estimate of drug-likeness (QED) is 0.858. The van der Waals surface area contributed by atoms with E-state index in [0.717, 1.165) is 31.0 Å². The third-order valence-corrected chi connectivity index (χ3v) is 5.72. The highest BCUT2D eigenvalue weighted by atomic mass is 35.5. The Labute approximate surface area is 154 Å². The minimum atomic E-state index is -0.319. The molecular weight excluding hydrogens is 371 g/mol. The van der Waals surface area contributed by atoms with Crippen molar-refractivity contribution in [3.05, 3.63) is 33.8 Å². The number of hydrogen-bond donors (Lipinski definition) is 1. The minimum Gasteiger partial charge on any atom is -0.347 e. The molecule has 8 heteroatoms. The van der Waals surface area contributed by atoms with Gasteiger partial charge in [-0.1, -0.05) is 47.8 Å². The molecule has 1 aromatic rings. The van der Waals surface area contributed by atoms with E-state index >= 15 is 0 Å². The number of benzene rings is 1. The van der Waals surface area contributed by atoms with Crippen LogP contribution in [0.1, 0.15) is 36.0 Å². The number of nitrogens with zero attached hydrogens (tertiary/aromatic N) is 1.